The van der Waals surface area contributed by atoms with Crippen LogP contribution in [0, 0.1) is 0 Å². The van der Waals surface area contributed by atoms with Crippen LogP contribution in [0.1, 0.15) is 38.1 Å². The average Bonchev–Trinajstić information content (AvgIpc) is 2.78. The molecule has 0 saturated carbocycles. The van der Waals surface area contributed by atoms with Gasteiger partial charge in [-0.15, -0.1) is 0 Å². The topological polar surface area (TPSA) is 123 Å². The van der Waals surface area contributed by atoms with Gasteiger partial charge in [0.15, 0.2) is 6.10 Å². The lowest BCUT2D eigenvalue weighted by molar-refractivity contribution is -0.188. The van der Waals surface area contributed by atoms with Crippen molar-refractivity contribution in [3.8, 4) is 0 Å². The summed E-state index contributed by atoms with van der Waals surface area (Å²) in [5, 5.41) is 0. The molecule has 3 amide bonds. The van der Waals surface area contributed by atoms with Gasteiger partial charge in [-0.05, 0) is 39.0 Å². The Bertz CT molecular complexity index is 1020. The van der Waals surface area contributed by atoms with Gasteiger partial charge in [-0.3, -0.25) is 19.2 Å². The minimum Gasteiger partial charge on any atom is -0.457 e. The highest BCUT2D eigenvalue weighted by Gasteiger charge is 2.44. The fourth-order valence-corrected chi connectivity index (χ4v) is 3.77. The van der Waals surface area contributed by atoms with Gasteiger partial charge < -0.3 is 28.9 Å². The molecular weight excluding hydrogens is 458 g/mol. The van der Waals surface area contributed by atoms with Crippen LogP contribution in [0.2, 0.25) is 0 Å². The van der Waals surface area contributed by atoms with Crippen molar-refractivity contribution in [2.24, 2.45) is 0 Å². The zero-order valence-electron chi connectivity index (χ0n) is 20.6. The molecule has 1 aromatic rings. The van der Waals surface area contributed by atoms with Crippen LogP contribution < -0.4 is 4.90 Å². The first-order valence-electron chi connectivity index (χ1n) is 11.3. The van der Waals surface area contributed by atoms with Crippen LogP contribution in [0.5, 0.6) is 0 Å². The Hall–Kier alpha value is -3.47. The van der Waals surface area contributed by atoms with Gasteiger partial charge in [0.2, 0.25) is 12.0 Å². The second kappa shape index (κ2) is 10.4. The molecule has 0 aromatic heterocycles. The lowest BCUT2D eigenvalue weighted by Crippen LogP contribution is -2.56. The van der Waals surface area contributed by atoms with Crippen LogP contribution in [-0.2, 0) is 33.4 Å². The highest BCUT2D eigenvalue weighted by atomic mass is 16.6. The van der Waals surface area contributed by atoms with Crippen molar-refractivity contribution in [3.63, 3.8) is 0 Å². The number of carbonyl (C=O) groups is 5. The molecule has 35 heavy (non-hydrogen) atoms. The fraction of sp³-hybridized carbons (Fsp3) is 0.542. The van der Waals surface area contributed by atoms with E-state index < -0.39 is 35.7 Å². The summed E-state index contributed by atoms with van der Waals surface area (Å²) in [6, 6.07) is 6.45. The maximum atomic E-state index is 13.3. The molecule has 11 nitrogen and oxygen atoms in total. The molecule has 2 aliphatic rings. The van der Waals surface area contributed by atoms with E-state index in [1.165, 1.54) is 9.80 Å². The summed E-state index contributed by atoms with van der Waals surface area (Å²) in [5.41, 5.74) is -0.133. The number of amides is 3. The number of hydrogen-bond acceptors (Lipinski definition) is 8. The predicted octanol–water partition coefficient (Wildman–Crippen LogP) is 0.606. The van der Waals surface area contributed by atoms with Crippen molar-refractivity contribution in [2.75, 3.05) is 44.7 Å². The number of hydrogen-bond donors (Lipinski definition) is 0. The van der Waals surface area contributed by atoms with Crippen LogP contribution >= 0.6 is 0 Å². The summed E-state index contributed by atoms with van der Waals surface area (Å²) in [6.07, 6.45) is -2.99. The van der Waals surface area contributed by atoms with E-state index in [-0.39, 0.29) is 31.5 Å². The molecule has 0 aliphatic carbocycles. The molecule has 2 unspecified atom stereocenters. The van der Waals surface area contributed by atoms with E-state index in [9.17, 15) is 24.0 Å². The van der Waals surface area contributed by atoms with Gasteiger partial charge in [-0.2, -0.15) is 0 Å². The lowest BCUT2D eigenvalue weighted by Gasteiger charge is -2.36. The molecule has 2 saturated heterocycles. The van der Waals surface area contributed by atoms with Crippen molar-refractivity contribution in [1.29, 1.82) is 0 Å². The number of benzene rings is 1. The van der Waals surface area contributed by atoms with Gasteiger partial charge in [-0.1, -0.05) is 6.07 Å². The Morgan fingerprint density at radius 1 is 1.11 bits per heavy atom. The van der Waals surface area contributed by atoms with Gasteiger partial charge in [0.1, 0.15) is 12.1 Å². The molecule has 0 bridgehead atoms. The first kappa shape index (κ1) is 26.1. The number of anilines is 1. The third-order valence-corrected chi connectivity index (χ3v) is 5.48. The Morgan fingerprint density at radius 2 is 1.83 bits per heavy atom. The van der Waals surface area contributed by atoms with E-state index >= 15 is 0 Å². The molecule has 190 valence electrons. The average molecular weight is 490 g/mol. The maximum Gasteiger partial charge on any atom is 0.351 e. The number of ether oxygens (including phenoxy) is 3. The number of likely N-dealkylation sites (N-methyl/N-ethyl adjacent to an activating group) is 1. The third-order valence-electron chi connectivity index (χ3n) is 5.48. The summed E-state index contributed by atoms with van der Waals surface area (Å²) < 4.78 is 16.0. The minimum absolute atomic E-state index is 0.0158. The number of piperazine rings is 1. The zero-order chi connectivity index (χ0) is 25.9. The van der Waals surface area contributed by atoms with Crippen molar-refractivity contribution in [3.05, 3.63) is 29.8 Å². The van der Waals surface area contributed by atoms with E-state index in [1.54, 1.807) is 57.0 Å². The van der Waals surface area contributed by atoms with E-state index in [0.717, 1.165) is 6.92 Å². The van der Waals surface area contributed by atoms with Crippen LogP contribution in [0.25, 0.3) is 0 Å². The summed E-state index contributed by atoms with van der Waals surface area (Å²) >= 11 is 0. The summed E-state index contributed by atoms with van der Waals surface area (Å²) in [5.74, 6) is -2.73. The summed E-state index contributed by atoms with van der Waals surface area (Å²) in [4.78, 5) is 67.1. The quantitative estimate of drug-likeness (QED) is 0.551. The van der Waals surface area contributed by atoms with Crippen LogP contribution in [0.4, 0.5) is 5.69 Å². The van der Waals surface area contributed by atoms with Gasteiger partial charge in [0, 0.05) is 44.9 Å². The summed E-state index contributed by atoms with van der Waals surface area (Å²) in [6.45, 7) is 7.16. The monoisotopic (exact) mass is 489 g/mol. The van der Waals surface area contributed by atoms with Gasteiger partial charge in [0.05, 0.1) is 6.61 Å². The Balaban J connectivity index is 1.82. The maximum absolute atomic E-state index is 13.3. The molecule has 3 rings (SSSR count). The molecule has 2 atom stereocenters. The molecule has 0 spiro atoms. The largest absolute Gasteiger partial charge is 0.457 e. The van der Waals surface area contributed by atoms with E-state index in [0.29, 0.717) is 24.3 Å². The number of esters is 2. The number of carbonyl (C=O) groups excluding carboxylic acids is 5. The molecule has 0 radical (unpaired) electrons. The minimum atomic E-state index is -1.58. The highest BCUT2D eigenvalue weighted by Crippen LogP contribution is 2.24. The zero-order valence-corrected chi connectivity index (χ0v) is 20.6. The second-order valence-electron chi connectivity index (χ2n) is 9.44. The lowest BCUT2D eigenvalue weighted by atomic mass is 10.1. The second-order valence-corrected chi connectivity index (χ2v) is 9.44. The molecule has 1 aromatic carbocycles. The summed E-state index contributed by atoms with van der Waals surface area (Å²) in [7, 11) is 1.69. The molecule has 2 aliphatic heterocycles. The van der Waals surface area contributed by atoms with Crippen molar-refractivity contribution >= 4 is 35.3 Å². The van der Waals surface area contributed by atoms with E-state index in [4.69, 9.17) is 14.2 Å². The van der Waals surface area contributed by atoms with Gasteiger partial charge >= 0.3 is 11.9 Å². The number of nitrogens with zero attached hydrogens (tertiary/aromatic N) is 3. The van der Waals surface area contributed by atoms with E-state index in [1.807, 2.05) is 0 Å². The van der Waals surface area contributed by atoms with Crippen LogP contribution in [0.3, 0.4) is 0 Å². The van der Waals surface area contributed by atoms with E-state index in [2.05, 4.69) is 0 Å². The Kier molecular flexibility index (Phi) is 7.79. The Morgan fingerprint density at radius 3 is 2.46 bits per heavy atom. The predicted molar refractivity (Wildman–Crippen MR) is 123 cm³/mol. The third kappa shape index (κ3) is 6.36. The molecule has 2 fully saturated rings. The van der Waals surface area contributed by atoms with Gasteiger partial charge in [-0.25, -0.2) is 4.79 Å². The first-order valence-corrected chi connectivity index (χ1v) is 11.3. The van der Waals surface area contributed by atoms with Crippen molar-refractivity contribution < 1.29 is 38.2 Å². The molecule has 11 heteroatoms. The Labute approximate surface area is 203 Å². The smallest absolute Gasteiger partial charge is 0.351 e. The standard InChI is InChI=1S/C24H31N3O8/c1-15(28)34-20(23(32)35-24(2,3)4)19-22(31)27(11-12-33-19)17-8-6-7-16(13-17)21(30)26-10-9-25(5)18(29)14-26/h6-8,13,19-20H,9-12,14H2,1-5H3. The molecular formula is C24H31N3O8. The highest BCUT2D eigenvalue weighted by molar-refractivity contribution is 6.03. The normalized spacial score (nSPS) is 19.9. The number of morpholine rings is 1. The SMILES string of the molecule is CC(=O)OC(C(=O)OC(C)(C)C)C1OCCN(c2cccc(C(=O)N3CCN(C)C(=O)C3)c2)C1=O. The molecule has 0 N–H and O–H groups in total. The van der Waals surface area contributed by atoms with Crippen LogP contribution in [-0.4, -0.2) is 97.1 Å². The molecule has 2 heterocycles. The van der Waals surface area contributed by atoms with Gasteiger partial charge in [0.25, 0.3) is 11.8 Å². The van der Waals surface area contributed by atoms with Crippen molar-refractivity contribution in [1.82, 2.24) is 9.80 Å². The van der Waals surface area contributed by atoms with Crippen molar-refractivity contribution in [2.45, 2.75) is 45.5 Å². The van der Waals surface area contributed by atoms with Crippen LogP contribution in [0.15, 0.2) is 24.3 Å². The fourth-order valence-electron chi connectivity index (χ4n) is 3.77. The number of rotatable bonds is 5. The first-order chi connectivity index (χ1) is 16.4.